The molecule has 1 N–H and O–H groups in total. The molecule has 2 aromatic carbocycles. The summed E-state index contributed by atoms with van der Waals surface area (Å²) in [5.74, 6) is 0.495. The molecule has 0 saturated heterocycles. The molecule has 0 aliphatic heterocycles. The van der Waals surface area contributed by atoms with Gasteiger partial charge in [-0.1, -0.05) is 31.2 Å². The summed E-state index contributed by atoms with van der Waals surface area (Å²) in [6.45, 7) is 7.30. The van der Waals surface area contributed by atoms with Gasteiger partial charge in [-0.25, -0.2) is 4.39 Å². The van der Waals surface area contributed by atoms with Crippen molar-refractivity contribution < 1.29 is 9.13 Å². The van der Waals surface area contributed by atoms with Crippen molar-refractivity contribution in [2.45, 2.75) is 26.8 Å². The van der Waals surface area contributed by atoms with Crippen molar-refractivity contribution in [2.75, 3.05) is 13.2 Å². The highest BCUT2D eigenvalue weighted by molar-refractivity contribution is 5.31. The topological polar surface area (TPSA) is 21.3 Å². The van der Waals surface area contributed by atoms with Crippen molar-refractivity contribution in [2.24, 2.45) is 0 Å². The lowest BCUT2D eigenvalue weighted by atomic mass is 10.0. The average Bonchev–Trinajstić information content (AvgIpc) is 2.48. The SMILES string of the molecule is CCNC(COc1ccc(F)c(C)c1)c1ccccc1C. The van der Waals surface area contributed by atoms with Crippen LogP contribution in [-0.4, -0.2) is 13.2 Å². The molecule has 1 atom stereocenters. The first-order chi connectivity index (χ1) is 10.1. The second-order valence-corrected chi connectivity index (χ2v) is 5.19. The first kappa shape index (κ1) is 15.5. The standard InChI is InChI=1S/C18H22FNO/c1-4-20-18(16-8-6-5-7-13(16)2)12-21-15-9-10-17(19)14(3)11-15/h5-11,18,20H,4,12H2,1-3H3. The van der Waals surface area contributed by atoms with E-state index in [9.17, 15) is 4.39 Å². The molecule has 0 aliphatic carbocycles. The van der Waals surface area contributed by atoms with Crippen molar-refractivity contribution in [3.63, 3.8) is 0 Å². The van der Waals surface area contributed by atoms with Crippen LogP contribution in [-0.2, 0) is 0 Å². The lowest BCUT2D eigenvalue weighted by Crippen LogP contribution is -2.27. The van der Waals surface area contributed by atoms with Crippen LogP contribution in [0.1, 0.15) is 29.7 Å². The molecule has 2 aromatic rings. The van der Waals surface area contributed by atoms with Crippen molar-refractivity contribution in [1.82, 2.24) is 5.32 Å². The van der Waals surface area contributed by atoms with Crippen LogP contribution in [0, 0.1) is 19.7 Å². The first-order valence-corrected chi connectivity index (χ1v) is 7.29. The fraction of sp³-hybridized carbons (Fsp3) is 0.333. The highest BCUT2D eigenvalue weighted by atomic mass is 19.1. The van der Waals surface area contributed by atoms with Crippen molar-refractivity contribution in [3.8, 4) is 5.75 Å². The minimum atomic E-state index is -0.204. The number of aryl methyl sites for hydroxylation is 2. The largest absolute Gasteiger partial charge is 0.492 e. The summed E-state index contributed by atoms with van der Waals surface area (Å²) in [4.78, 5) is 0. The van der Waals surface area contributed by atoms with Gasteiger partial charge in [-0.3, -0.25) is 0 Å². The van der Waals surface area contributed by atoms with Crippen LogP contribution in [0.25, 0.3) is 0 Å². The van der Waals surface area contributed by atoms with Gasteiger partial charge in [0.2, 0.25) is 0 Å². The molecule has 0 amide bonds. The lowest BCUT2D eigenvalue weighted by molar-refractivity contribution is 0.267. The molecule has 3 heteroatoms. The molecule has 2 rings (SSSR count). The maximum absolute atomic E-state index is 13.3. The monoisotopic (exact) mass is 287 g/mol. The van der Waals surface area contributed by atoms with E-state index in [0.29, 0.717) is 17.9 Å². The van der Waals surface area contributed by atoms with E-state index in [0.717, 1.165) is 6.54 Å². The molecule has 0 aromatic heterocycles. The quantitative estimate of drug-likeness (QED) is 0.861. The first-order valence-electron chi connectivity index (χ1n) is 7.29. The normalized spacial score (nSPS) is 12.2. The number of likely N-dealkylation sites (N-methyl/N-ethyl adjacent to an activating group) is 1. The zero-order chi connectivity index (χ0) is 15.2. The summed E-state index contributed by atoms with van der Waals surface area (Å²) >= 11 is 0. The Balaban J connectivity index is 2.10. The van der Waals surface area contributed by atoms with Crippen molar-refractivity contribution in [3.05, 3.63) is 65.0 Å². The molecular formula is C18H22FNO. The number of hydrogen-bond donors (Lipinski definition) is 1. The smallest absolute Gasteiger partial charge is 0.126 e. The van der Waals surface area contributed by atoms with Gasteiger partial charge in [0.05, 0.1) is 6.04 Å². The number of ether oxygens (including phenoxy) is 1. The molecular weight excluding hydrogens is 265 g/mol. The summed E-state index contributed by atoms with van der Waals surface area (Å²) in [6, 6.07) is 13.3. The number of rotatable bonds is 6. The Labute approximate surface area is 126 Å². The van der Waals surface area contributed by atoms with Crippen LogP contribution in [0.15, 0.2) is 42.5 Å². The van der Waals surface area contributed by atoms with Gasteiger partial charge in [0.25, 0.3) is 0 Å². The van der Waals surface area contributed by atoms with Gasteiger partial charge in [-0.05, 0) is 55.3 Å². The zero-order valence-electron chi connectivity index (χ0n) is 12.8. The Bertz CT molecular complexity index is 598. The van der Waals surface area contributed by atoms with E-state index in [1.54, 1.807) is 19.1 Å². The van der Waals surface area contributed by atoms with E-state index in [1.807, 2.05) is 12.1 Å². The van der Waals surface area contributed by atoms with Crippen molar-refractivity contribution >= 4 is 0 Å². The van der Waals surface area contributed by atoms with Crippen LogP contribution >= 0.6 is 0 Å². The second-order valence-electron chi connectivity index (χ2n) is 5.19. The van der Waals surface area contributed by atoms with E-state index in [2.05, 4.69) is 31.3 Å². The molecule has 1 unspecified atom stereocenters. The fourth-order valence-corrected chi connectivity index (χ4v) is 2.37. The molecule has 112 valence electrons. The van der Waals surface area contributed by atoms with Gasteiger partial charge in [-0.2, -0.15) is 0 Å². The molecule has 0 radical (unpaired) electrons. The molecule has 0 spiro atoms. The van der Waals surface area contributed by atoms with E-state index < -0.39 is 0 Å². The van der Waals surface area contributed by atoms with Gasteiger partial charge in [0.1, 0.15) is 18.2 Å². The highest BCUT2D eigenvalue weighted by Gasteiger charge is 2.13. The number of nitrogens with one attached hydrogen (secondary N) is 1. The number of halogens is 1. The molecule has 0 bridgehead atoms. The van der Waals surface area contributed by atoms with Crippen LogP contribution < -0.4 is 10.1 Å². The summed E-state index contributed by atoms with van der Waals surface area (Å²) < 4.78 is 19.1. The highest BCUT2D eigenvalue weighted by Crippen LogP contribution is 2.21. The fourth-order valence-electron chi connectivity index (χ4n) is 2.37. The third-order valence-corrected chi connectivity index (χ3v) is 3.56. The van der Waals surface area contributed by atoms with E-state index in [-0.39, 0.29) is 11.9 Å². The van der Waals surface area contributed by atoms with Crippen LogP contribution in [0.2, 0.25) is 0 Å². The van der Waals surface area contributed by atoms with Crippen LogP contribution in [0.3, 0.4) is 0 Å². The predicted molar refractivity (Wildman–Crippen MR) is 84.2 cm³/mol. The molecule has 0 aliphatic rings. The zero-order valence-corrected chi connectivity index (χ0v) is 12.8. The predicted octanol–water partition coefficient (Wildman–Crippen LogP) is 4.17. The molecule has 21 heavy (non-hydrogen) atoms. The van der Waals surface area contributed by atoms with Gasteiger partial charge in [0, 0.05) is 0 Å². The molecule has 2 nitrogen and oxygen atoms in total. The van der Waals surface area contributed by atoms with Crippen LogP contribution in [0.5, 0.6) is 5.75 Å². The summed E-state index contributed by atoms with van der Waals surface area (Å²) in [7, 11) is 0. The van der Waals surface area contributed by atoms with Gasteiger partial charge in [-0.15, -0.1) is 0 Å². The number of benzene rings is 2. The minimum Gasteiger partial charge on any atom is -0.492 e. The Morgan fingerprint density at radius 3 is 2.52 bits per heavy atom. The van der Waals surface area contributed by atoms with E-state index in [4.69, 9.17) is 4.74 Å². The maximum Gasteiger partial charge on any atom is 0.126 e. The number of hydrogen-bond acceptors (Lipinski definition) is 2. The van der Waals surface area contributed by atoms with Crippen LogP contribution in [0.4, 0.5) is 4.39 Å². The van der Waals surface area contributed by atoms with E-state index >= 15 is 0 Å². The summed E-state index contributed by atoms with van der Waals surface area (Å²) in [5.41, 5.74) is 3.07. The minimum absolute atomic E-state index is 0.126. The Kier molecular flexibility index (Phi) is 5.34. The lowest BCUT2D eigenvalue weighted by Gasteiger charge is -2.21. The molecule has 0 saturated carbocycles. The maximum atomic E-state index is 13.3. The van der Waals surface area contributed by atoms with Crippen molar-refractivity contribution in [1.29, 1.82) is 0 Å². The van der Waals surface area contributed by atoms with Gasteiger partial charge >= 0.3 is 0 Å². The summed E-state index contributed by atoms with van der Waals surface area (Å²) in [6.07, 6.45) is 0. The third kappa shape index (κ3) is 4.05. The van der Waals surface area contributed by atoms with Gasteiger partial charge < -0.3 is 10.1 Å². The molecule has 0 fully saturated rings. The third-order valence-electron chi connectivity index (χ3n) is 3.56. The van der Waals surface area contributed by atoms with Gasteiger partial charge in [0.15, 0.2) is 0 Å². The van der Waals surface area contributed by atoms with E-state index in [1.165, 1.54) is 17.2 Å². The average molecular weight is 287 g/mol. The Morgan fingerprint density at radius 1 is 1.10 bits per heavy atom. The molecule has 0 heterocycles. The summed E-state index contributed by atoms with van der Waals surface area (Å²) in [5, 5.41) is 3.44. The Morgan fingerprint density at radius 2 is 1.86 bits per heavy atom. The Hall–Kier alpha value is -1.87. The second kappa shape index (κ2) is 7.23.